The fourth-order valence-electron chi connectivity index (χ4n) is 5.99. The fraction of sp³-hybridized carbons (Fsp3) is 0.355. The van der Waals surface area contributed by atoms with Gasteiger partial charge in [0, 0.05) is 43.1 Å². The normalized spacial score (nSPS) is 19.1. The molecule has 1 saturated heterocycles. The summed E-state index contributed by atoms with van der Waals surface area (Å²) >= 11 is 0. The summed E-state index contributed by atoms with van der Waals surface area (Å²) in [6.45, 7) is 5.16. The number of aryl methyl sites for hydroxylation is 1. The third-order valence-corrected chi connectivity index (χ3v) is 8.25. The highest BCUT2D eigenvalue weighted by atomic mass is 16.5. The molecule has 4 aromatic rings. The fourth-order valence-corrected chi connectivity index (χ4v) is 5.99. The summed E-state index contributed by atoms with van der Waals surface area (Å²) in [4.78, 5) is 28.0. The second kappa shape index (κ2) is 10.1. The minimum atomic E-state index is 0.0253. The van der Waals surface area contributed by atoms with Gasteiger partial charge in [0.1, 0.15) is 17.4 Å². The van der Waals surface area contributed by atoms with Gasteiger partial charge in [-0.15, -0.1) is 0 Å². The maximum Gasteiger partial charge on any atom is 0.245 e. The van der Waals surface area contributed by atoms with Crippen LogP contribution in [0.4, 0.5) is 5.82 Å². The molecule has 1 amide bonds. The van der Waals surface area contributed by atoms with Crippen LogP contribution in [0.1, 0.15) is 49.3 Å². The van der Waals surface area contributed by atoms with E-state index in [1.165, 1.54) is 17.2 Å². The summed E-state index contributed by atoms with van der Waals surface area (Å²) in [5.41, 5.74) is 12.3. The van der Waals surface area contributed by atoms with E-state index >= 15 is 0 Å². The molecule has 0 spiro atoms. The van der Waals surface area contributed by atoms with Crippen molar-refractivity contribution in [2.45, 2.75) is 56.7 Å². The molecule has 204 valence electrons. The van der Waals surface area contributed by atoms with Gasteiger partial charge in [-0.25, -0.2) is 9.97 Å². The summed E-state index contributed by atoms with van der Waals surface area (Å²) in [6, 6.07) is 15.0. The molecule has 1 unspecified atom stereocenters. The maximum atomic E-state index is 12.0. The molecule has 1 saturated carbocycles. The standard InChI is InChI=1S/C31H33N7O2/c1-2-28(39)37-16-13-20(14-17-37)34-25-10-5-19-18-21(6-9-23(19)25)38-30(24-4-3-15-33-29(24)32)35-26-11-12-27(36-31(26)38)40-22-7-8-22/h2-4,6,9,11-12,15,18,20,22,25,34H,1,5,7-8,10,13-14,16-17H2,(H2,32,33). The summed E-state index contributed by atoms with van der Waals surface area (Å²) in [7, 11) is 0. The van der Waals surface area contributed by atoms with E-state index in [9.17, 15) is 4.79 Å². The largest absolute Gasteiger partial charge is 0.474 e. The van der Waals surface area contributed by atoms with Crippen LogP contribution in [0.2, 0.25) is 0 Å². The second-order valence-corrected chi connectivity index (χ2v) is 11.0. The highest BCUT2D eigenvalue weighted by Crippen LogP contribution is 2.37. The first-order valence-corrected chi connectivity index (χ1v) is 14.1. The molecule has 1 aromatic carbocycles. The van der Waals surface area contributed by atoms with Gasteiger partial charge in [-0.1, -0.05) is 12.6 Å². The number of carbonyl (C=O) groups is 1. The van der Waals surface area contributed by atoms with Gasteiger partial charge in [0.05, 0.1) is 5.56 Å². The molecule has 2 aliphatic carbocycles. The SMILES string of the molecule is C=CC(=O)N1CCC(NC2CCc3cc(-n4c(-c5cccnc5N)nc5ccc(OC6CC6)nc54)ccc32)CC1. The zero-order chi connectivity index (χ0) is 27.2. The number of nitrogens with zero attached hydrogens (tertiary/aromatic N) is 5. The van der Waals surface area contributed by atoms with Crippen molar-refractivity contribution >= 4 is 22.9 Å². The molecule has 40 heavy (non-hydrogen) atoms. The number of piperidine rings is 1. The first-order valence-electron chi connectivity index (χ1n) is 14.1. The number of hydrogen-bond acceptors (Lipinski definition) is 7. The molecule has 1 atom stereocenters. The van der Waals surface area contributed by atoms with E-state index in [1.54, 1.807) is 6.20 Å². The molecular weight excluding hydrogens is 502 g/mol. The van der Waals surface area contributed by atoms with E-state index < -0.39 is 0 Å². The number of ether oxygens (including phenoxy) is 1. The minimum absolute atomic E-state index is 0.0253. The van der Waals surface area contributed by atoms with Gasteiger partial charge in [0.25, 0.3) is 0 Å². The Kier molecular flexibility index (Phi) is 6.23. The van der Waals surface area contributed by atoms with Crippen LogP contribution in [0.3, 0.4) is 0 Å². The number of nitrogen functional groups attached to an aromatic ring is 1. The molecule has 2 fully saturated rings. The highest BCUT2D eigenvalue weighted by molar-refractivity contribution is 5.87. The predicted molar refractivity (Wildman–Crippen MR) is 154 cm³/mol. The van der Waals surface area contributed by atoms with Crippen molar-refractivity contribution in [3.63, 3.8) is 0 Å². The van der Waals surface area contributed by atoms with E-state index in [0.29, 0.717) is 29.6 Å². The van der Waals surface area contributed by atoms with Gasteiger partial charge >= 0.3 is 0 Å². The van der Waals surface area contributed by atoms with E-state index in [4.69, 9.17) is 20.4 Å². The number of aromatic nitrogens is 4. The topological polar surface area (TPSA) is 111 Å². The third kappa shape index (κ3) is 4.60. The lowest BCUT2D eigenvalue weighted by atomic mass is 10.0. The van der Waals surface area contributed by atoms with Gasteiger partial charge in [0.15, 0.2) is 11.5 Å². The Labute approximate surface area is 233 Å². The van der Waals surface area contributed by atoms with E-state index in [1.807, 2.05) is 29.2 Å². The quantitative estimate of drug-likeness (QED) is 0.338. The summed E-state index contributed by atoms with van der Waals surface area (Å²) in [5, 5.41) is 3.87. The van der Waals surface area contributed by atoms with Crippen LogP contribution in [0.5, 0.6) is 5.88 Å². The third-order valence-electron chi connectivity index (χ3n) is 8.25. The van der Waals surface area contributed by atoms with Crippen molar-refractivity contribution in [2.75, 3.05) is 18.8 Å². The number of carbonyl (C=O) groups excluding carboxylic acids is 1. The van der Waals surface area contributed by atoms with Crippen LogP contribution in [-0.4, -0.2) is 55.6 Å². The molecule has 9 heteroatoms. The summed E-state index contributed by atoms with van der Waals surface area (Å²) < 4.78 is 8.10. The Morgan fingerprint density at radius 1 is 1.07 bits per heavy atom. The van der Waals surface area contributed by atoms with E-state index in [0.717, 1.165) is 74.0 Å². The average Bonchev–Trinajstić information content (AvgIpc) is 3.59. The number of nitrogens with two attached hydrogens (primary N) is 1. The van der Waals surface area contributed by atoms with Gasteiger partial charge in [-0.2, -0.15) is 4.98 Å². The zero-order valence-electron chi connectivity index (χ0n) is 22.4. The Balaban J connectivity index is 1.21. The molecule has 3 aliphatic rings. The van der Waals surface area contributed by atoms with Crippen molar-refractivity contribution in [2.24, 2.45) is 0 Å². The van der Waals surface area contributed by atoms with Crippen LogP contribution >= 0.6 is 0 Å². The number of anilines is 1. The highest BCUT2D eigenvalue weighted by Gasteiger charge is 2.29. The first-order chi connectivity index (χ1) is 19.6. The number of benzene rings is 1. The lowest BCUT2D eigenvalue weighted by Gasteiger charge is -2.33. The van der Waals surface area contributed by atoms with Crippen LogP contribution in [-0.2, 0) is 11.2 Å². The van der Waals surface area contributed by atoms with Gasteiger partial charge in [-0.3, -0.25) is 9.36 Å². The number of amides is 1. The Morgan fingerprint density at radius 3 is 2.70 bits per heavy atom. The molecular formula is C31H33N7O2. The number of likely N-dealkylation sites (tertiary alicyclic amines) is 1. The lowest BCUT2D eigenvalue weighted by Crippen LogP contribution is -2.45. The van der Waals surface area contributed by atoms with Gasteiger partial charge < -0.3 is 20.7 Å². The van der Waals surface area contributed by atoms with Crippen molar-refractivity contribution < 1.29 is 9.53 Å². The smallest absolute Gasteiger partial charge is 0.245 e. The average molecular weight is 536 g/mol. The van der Waals surface area contributed by atoms with E-state index in [2.05, 4.69) is 39.6 Å². The summed E-state index contributed by atoms with van der Waals surface area (Å²) in [6.07, 6.45) is 9.46. The molecule has 3 aromatic heterocycles. The maximum absolute atomic E-state index is 12.0. The van der Waals surface area contributed by atoms with Crippen LogP contribution in [0.15, 0.2) is 61.3 Å². The Bertz CT molecular complexity index is 1600. The van der Waals surface area contributed by atoms with E-state index in [-0.39, 0.29) is 12.0 Å². The first kappa shape index (κ1) is 24.8. The Morgan fingerprint density at radius 2 is 1.93 bits per heavy atom. The Hall–Kier alpha value is -4.24. The molecule has 4 heterocycles. The second-order valence-electron chi connectivity index (χ2n) is 11.0. The van der Waals surface area contributed by atoms with Crippen molar-refractivity contribution in [3.8, 4) is 23.0 Å². The number of pyridine rings is 2. The summed E-state index contributed by atoms with van der Waals surface area (Å²) in [5.74, 6) is 1.79. The van der Waals surface area contributed by atoms with Gasteiger partial charge in [-0.05, 0) is 86.1 Å². The van der Waals surface area contributed by atoms with Crippen LogP contribution in [0.25, 0.3) is 28.2 Å². The minimum Gasteiger partial charge on any atom is -0.474 e. The monoisotopic (exact) mass is 535 g/mol. The number of nitrogens with one attached hydrogen (secondary N) is 1. The molecule has 9 nitrogen and oxygen atoms in total. The van der Waals surface area contributed by atoms with Crippen LogP contribution in [0, 0.1) is 0 Å². The zero-order valence-corrected chi connectivity index (χ0v) is 22.4. The number of fused-ring (bicyclic) bond motifs is 2. The predicted octanol–water partition coefficient (Wildman–Crippen LogP) is 4.36. The number of imidazole rings is 1. The van der Waals surface area contributed by atoms with Crippen molar-refractivity contribution in [1.82, 2.24) is 29.7 Å². The van der Waals surface area contributed by atoms with Gasteiger partial charge in [0.2, 0.25) is 11.8 Å². The molecule has 1 aliphatic heterocycles. The number of hydrogen-bond donors (Lipinski definition) is 2. The molecule has 3 N–H and O–H groups in total. The molecule has 7 rings (SSSR count). The van der Waals surface area contributed by atoms with Crippen molar-refractivity contribution in [3.05, 3.63) is 72.4 Å². The number of rotatable bonds is 7. The molecule has 0 radical (unpaired) electrons. The van der Waals surface area contributed by atoms with Crippen LogP contribution < -0.4 is 15.8 Å². The lowest BCUT2D eigenvalue weighted by molar-refractivity contribution is -0.127. The van der Waals surface area contributed by atoms with Crippen molar-refractivity contribution in [1.29, 1.82) is 0 Å². The molecule has 0 bridgehead atoms.